The van der Waals surface area contributed by atoms with Crippen LogP contribution in [0.15, 0.2) is 24.3 Å². The van der Waals surface area contributed by atoms with E-state index in [0.717, 1.165) is 10.0 Å². The monoisotopic (exact) mass is 268 g/mol. The van der Waals surface area contributed by atoms with E-state index in [0.29, 0.717) is 0 Å². The van der Waals surface area contributed by atoms with Gasteiger partial charge in [0.05, 0.1) is 0 Å². The summed E-state index contributed by atoms with van der Waals surface area (Å²) in [7, 11) is 0. The first-order valence-electron chi connectivity index (χ1n) is 2.81. The van der Waals surface area contributed by atoms with Crippen molar-refractivity contribution in [1.29, 1.82) is 0 Å². The fourth-order valence-corrected chi connectivity index (χ4v) is 3.07. The van der Waals surface area contributed by atoms with Gasteiger partial charge in [-0.15, -0.1) is 0 Å². The third kappa shape index (κ3) is 1.82. The normalized spacial score (nSPS) is 9.80. The van der Waals surface area contributed by atoms with Gasteiger partial charge in [0, 0.05) is 0 Å². The molecule has 0 nitrogen and oxygen atoms in total. The van der Waals surface area contributed by atoms with Crippen molar-refractivity contribution in [2.24, 2.45) is 0 Å². The van der Waals surface area contributed by atoms with Crippen molar-refractivity contribution in [2.75, 3.05) is 0 Å². The van der Waals surface area contributed by atoms with Crippen LogP contribution in [0.2, 0.25) is 0 Å². The van der Waals surface area contributed by atoms with E-state index in [4.69, 9.17) is 0 Å². The molecule has 0 aliphatic heterocycles. The van der Waals surface area contributed by atoms with E-state index in [1.807, 2.05) is 24.3 Å². The molecule has 54 valence electrons. The second kappa shape index (κ2) is 4.12. The Morgan fingerprint density at radius 2 is 2.10 bits per heavy atom. The van der Waals surface area contributed by atoms with E-state index in [1.54, 1.807) is 0 Å². The molecule has 0 saturated carbocycles. The molecule has 0 spiro atoms. The van der Waals surface area contributed by atoms with Crippen LogP contribution in [0.1, 0.15) is 5.56 Å². The van der Waals surface area contributed by atoms with E-state index in [2.05, 4.69) is 14.1 Å². The van der Waals surface area contributed by atoms with Gasteiger partial charge in [0.2, 0.25) is 0 Å². The molecule has 1 aromatic carbocycles. The van der Waals surface area contributed by atoms with Crippen LogP contribution in [-0.4, -0.2) is 13.1 Å². The topological polar surface area (TPSA) is 0 Å². The average Bonchev–Trinajstić information content (AvgIpc) is 2.04. The van der Waals surface area contributed by atoms with Gasteiger partial charge in [-0.2, -0.15) is 0 Å². The zero-order valence-corrected chi connectivity index (χ0v) is 8.48. The minimum atomic E-state index is -0.358. The third-order valence-corrected chi connectivity index (χ3v) is 4.20. The Morgan fingerprint density at radius 1 is 1.40 bits per heavy atom. The molecular formula is C7H6BrFSe. The number of halogens is 2. The summed E-state index contributed by atoms with van der Waals surface area (Å²) in [6.45, 7) is -0.358. The van der Waals surface area contributed by atoms with Gasteiger partial charge in [-0.25, -0.2) is 0 Å². The third-order valence-electron chi connectivity index (χ3n) is 1.20. The SMILES string of the molecule is FCc1ccccc1[Se]Br. The van der Waals surface area contributed by atoms with Crippen LogP contribution in [0.5, 0.6) is 0 Å². The molecular weight excluding hydrogens is 262 g/mol. The van der Waals surface area contributed by atoms with E-state index in [1.165, 1.54) is 0 Å². The molecule has 0 atom stereocenters. The van der Waals surface area contributed by atoms with E-state index in [9.17, 15) is 4.39 Å². The molecule has 0 amide bonds. The van der Waals surface area contributed by atoms with Gasteiger partial charge in [0.25, 0.3) is 0 Å². The molecule has 0 N–H and O–H groups in total. The quantitative estimate of drug-likeness (QED) is 0.717. The van der Waals surface area contributed by atoms with Crippen LogP contribution in [0.4, 0.5) is 4.39 Å². The molecule has 0 radical (unpaired) electrons. The second-order valence-corrected chi connectivity index (χ2v) is 4.75. The Bertz CT molecular complexity index is 192. The van der Waals surface area contributed by atoms with Gasteiger partial charge in [0.1, 0.15) is 0 Å². The second-order valence-electron chi connectivity index (χ2n) is 1.82. The van der Waals surface area contributed by atoms with Crippen LogP contribution in [-0.2, 0) is 6.67 Å². The van der Waals surface area contributed by atoms with Crippen LogP contribution in [0.25, 0.3) is 0 Å². The molecule has 0 bridgehead atoms. The molecule has 1 rings (SSSR count). The average molecular weight is 268 g/mol. The Labute approximate surface area is 72.7 Å². The van der Waals surface area contributed by atoms with Crippen molar-refractivity contribution < 1.29 is 4.39 Å². The summed E-state index contributed by atoms with van der Waals surface area (Å²) < 4.78 is 13.3. The van der Waals surface area contributed by atoms with E-state index in [-0.39, 0.29) is 19.8 Å². The minimum absolute atomic E-state index is 0.232. The molecule has 1 aromatic rings. The Kier molecular flexibility index (Phi) is 3.40. The predicted molar refractivity (Wildman–Crippen MR) is 45.6 cm³/mol. The fourth-order valence-electron chi connectivity index (χ4n) is 0.689. The summed E-state index contributed by atoms with van der Waals surface area (Å²) >= 11 is 3.58. The molecule has 0 unspecified atom stereocenters. The van der Waals surface area contributed by atoms with Crippen molar-refractivity contribution in [2.45, 2.75) is 6.67 Å². The molecule has 0 saturated heterocycles. The molecule has 0 aliphatic carbocycles. The summed E-state index contributed by atoms with van der Waals surface area (Å²) in [5.41, 5.74) is 0.805. The van der Waals surface area contributed by atoms with Gasteiger partial charge in [-0.05, 0) is 0 Å². The molecule has 10 heavy (non-hydrogen) atoms. The van der Waals surface area contributed by atoms with Gasteiger partial charge in [0.15, 0.2) is 0 Å². The number of hydrogen-bond donors (Lipinski definition) is 0. The summed E-state index contributed by atoms with van der Waals surface area (Å²) in [6.07, 6.45) is 0. The first-order chi connectivity index (χ1) is 4.88. The summed E-state index contributed by atoms with van der Waals surface area (Å²) in [5, 5.41) is 0. The molecule has 0 fully saturated rings. The van der Waals surface area contributed by atoms with Gasteiger partial charge in [-0.3, -0.25) is 0 Å². The Morgan fingerprint density at radius 3 is 2.60 bits per heavy atom. The van der Waals surface area contributed by atoms with Crippen molar-refractivity contribution in [3.05, 3.63) is 29.8 Å². The summed E-state index contributed by atoms with van der Waals surface area (Å²) in [6, 6.07) is 7.55. The van der Waals surface area contributed by atoms with Crippen LogP contribution in [0.3, 0.4) is 0 Å². The van der Waals surface area contributed by atoms with Crippen molar-refractivity contribution in [3.63, 3.8) is 0 Å². The first kappa shape index (κ1) is 8.25. The van der Waals surface area contributed by atoms with E-state index >= 15 is 0 Å². The fraction of sp³-hybridized carbons (Fsp3) is 0.143. The molecule has 0 heterocycles. The van der Waals surface area contributed by atoms with Gasteiger partial charge < -0.3 is 0 Å². The summed E-state index contributed by atoms with van der Waals surface area (Å²) in [5.74, 6) is 0. The van der Waals surface area contributed by atoms with Crippen molar-refractivity contribution in [1.82, 2.24) is 0 Å². The number of alkyl halides is 1. The van der Waals surface area contributed by atoms with E-state index < -0.39 is 0 Å². The molecule has 3 heteroatoms. The standard InChI is InChI=1S/C7H6BrFSe/c8-10-7-4-2-1-3-6(7)5-9/h1-4H,5H2. The van der Waals surface area contributed by atoms with Crippen molar-refractivity contribution >= 4 is 31.7 Å². The maximum absolute atomic E-state index is 12.2. The zero-order chi connectivity index (χ0) is 7.40. The molecule has 0 aromatic heterocycles. The number of hydrogen-bond acceptors (Lipinski definition) is 0. The van der Waals surface area contributed by atoms with Crippen LogP contribution in [0, 0.1) is 0 Å². The van der Waals surface area contributed by atoms with Gasteiger partial charge >= 0.3 is 72.6 Å². The van der Waals surface area contributed by atoms with Gasteiger partial charge in [-0.1, -0.05) is 0 Å². The maximum atomic E-state index is 12.2. The summed E-state index contributed by atoms with van der Waals surface area (Å²) in [4.78, 5) is 0. The van der Waals surface area contributed by atoms with Crippen LogP contribution >= 0.6 is 14.1 Å². The number of rotatable bonds is 2. The Balaban J connectivity index is 2.96. The molecule has 0 aliphatic rings. The number of benzene rings is 1. The predicted octanol–water partition coefficient (Wildman–Crippen LogP) is 1.80. The van der Waals surface area contributed by atoms with Crippen LogP contribution < -0.4 is 4.46 Å². The first-order valence-corrected chi connectivity index (χ1v) is 7.68. The zero-order valence-electron chi connectivity index (χ0n) is 5.18. The van der Waals surface area contributed by atoms with Crippen molar-refractivity contribution in [3.8, 4) is 0 Å². The Hall–Kier alpha value is 0.149.